The SMILES string of the molecule is C#CC1(F)C(O)[C@@H](COP(=O)(NC(CC(C)C)C(=O)OCC)NC(CC(C)C)C(O)OCC)O[C@H]1n1cnc2c(=O)[nH]c(N)nc21. The van der Waals surface area contributed by atoms with Crippen molar-refractivity contribution in [3.8, 4) is 12.3 Å². The first-order valence-corrected chi connectivity index (χ1v) is 16.7. The van der Waals surface area contributed by atoms with Gasteiger partial charge in [0, 0.05) is 6.61 Å². The second-order valence-corrected chi connectivity index (χ2v) is 13.7. The summed E-state index contributed by atoms with van der Waals surface area (Å²) in [6.07, 6.45) is 0.370. The predicted molar refractivity (Wildman–Crippen MR) is 166 cm³/mol. The Morgan fingerprint density at radius 1 is 1.28 bits per heavy atom. The molecule has 0 saturated carbocycles. The zero-order valence-corrected chi connectivity index (χ0v) is 27.7. The summed E-state index contributed by atoms with van der Waals surface area (Å²) < 4.78 is 54.0. The average molecular weight is 674 g/mol. The molecule has 258 valence electrons. The lowest BCUT2D eigenvalue weighted by atomic mass is 9.97. The van der Waals surface area contributed by atoms with E-state index in [9.17, 15) is 24.4 Å². The molecule has 1 saturated heterocycles. The van der Waals surface area contributed by atoms with Crippen LogP contribution in [0.4, 0.5) is 10.3 Å². The Morgan fingerprint density at radius 3 is 2.54 bits per heavy atom. The summed E-state index contributed by atoms with van der Waals surface area (Å²) in [6.45, 7) is 10.3. The third kappa shape index (κ3) is 8.69. The van der Waals surface area contributed by atoms with Crippen molar-refractivity contribution in [2.75, 3.05) is 25.6 Å². The predicted octanol–water partition coefficient (Wildman–Crippen LogP) is 1.35. The molecule has 1 aliphatic rings. The first kappa shape index (κ1) is 37.5. The monoisotopic (exact) mass is 673 g/mol. The van der Waals surface area contributed by atoms with Gasteiger partial charge in [-0.15, -0.1) is 6.42 Å². The fourth-order valence-corrected chi connectivity index (χ4v) is 6.95. The summed E-state index contributed by atoms with van der Waals surface area (Å²) in [5.41, 5.74) is 1.76. The smallest absolute Gasteiger partial charge is 0.342 e. The van der Waals surface area contributed by atoms with Gasteiger partial charge in [0.05, 0.1) is 25.6 Å². The highest BCUT2D eigenvalue weighted by Crippen LogP contribution is 2.46. The third-order valence-corrected chi connectivity index (χ3v) is 8.97. The number of nitrogens with one attached hydrogen (secondary N) is 3. The number of ether oxygens (including phenoxy) is 3. The van der Waals surface area contributed by atoms with Gasteiger partial charge in [-0.3, -0.25) is 23.7 Å². The molecule has 6 unspecified atom stereocenters. The Balaban J connectivity index is 1.97. The maximum absolute atomic E-state index is 16.3. The van der Waals surface area contributed by atoms with Gasteiger partial charge in [0.15, 0.2) is 23.7 Å². The lowest BCUT2D eigenvalue weighted by molar-refractivity contribution is -0.145. The molecule has 0 aliphatic carbocycles. The van der Waals surface area contributed by atoms with Crippen LogP contribution in [0, 0.1) is 24.2 Å². The molecule has 46 heavy (non-hydrogen) atoms. The summed E-state index contributed by atoms with van der Waals surface area (Å²) >= 11 is 0. The average Bonchev–Trinajstić information content (AvgIpc) is 3.49. The van der Waals surface area contributed by atoms with Gasteiger partial charge in [-0.25, -0.2) is 19.5 Å². The molecule has 1 fully saturated rings. The molecule has 0 spiro atoms. The van der Waals surface area contributed by atoms with Crippen molar-refractivity contribution in [2.24, 2.45) is 11.8 Å². The zero-order chi connectivity index (χ0) is 34.4. The van der Waals surface area contributed by atoms with Crippen LogP contribution < -0.4 is 21.5 Å². The van der Waals surface area contributed by atoms with E-state index in [1.807, 2.05) is 33.6 Å². The minimum Gasteiger partial charge on any atom is -0.465 e. The fourth-order valence-electron chi connectivity index (χ4n) is 5.08. The molecule has 2 aromatic heterocycles. The molecule has 18 heteroatoms. The summed E-state index contributed by atoms with van der Waals surface area (Å²) in [5.74, 6) is 0.911. The van der Waals surface area contributed by atoms with Crippen molar-refractivity contribution in [3.05, 3.63) is 16.7 Å². The highest BCUT2D eigenvalue weighted by molar-refractivity contribution is 7.54. The Kier molecular flexibility index (Phi) is 12.9. The van der Waals surface area contributed by atoms with Gasteiger partial charge in [-0.1, -0.05) is 33.6 Å². The van der Waals surface area contributed by atoms with Crippen LogP contribution in [0.5, 0.6) is 0 Å². The van der Waals surface area contributed by atoms with Gasteiger partial charge in [-0.2, -0.15) is 4.98 Å². The molecule has 0 bridgehead atoms. The quantitative estimate of drug-likeness (QED) is 0.0604. The molecule has 3 rings (SSSR count). The number of imidazole rings is 1. The summed E-state index contributed by atoms with van der Waals surface area (Å²) in [6, 6.07) is -2.05. The lowest BCUT2D eigenvalue weighted by Crippen LogP contribution is -2.47. The normalized spacial score (nSPS) is 25.0. The van der Waals surface area contributed by atoms with Crippen molar-refractivity contribution in [3.63, 3.8) is 0 Å². The number of nitrogens with zero attached hydrogens (tertiary/aromatic N) is 3. The van der Waals surface area contributed by atoms with Crippen LogP contribution in [0.15, 0.2) is 11.1 Å². The highest BCUT2D eigenvalue weighted by Gasteiger charge is 2.58. The number of esters is 1. The number of aromatic nitrogens is 4. The highest BCUT2D eigenvalue weighted by atomic mass is 31.2. The van der Waals surface area contributed by atoms with Gasteiger partial charge in [0.2, 0.25) is 11.6 Å². The molecule has 0 radical (unpaired) electrons. The fraction of sp³-hybridized carbons (Fsp3) is 0.714. The van der Waals surface area contributed by atoms with Crippen LogP contribution >= 0.6 is 7.67 Å². The zero-order valence-electron chi connectivity index (χ0n) is 26.8. The van der Waals surface area contributed by atoms with Crippen LogP contribution in [0.2, 0.25) is 0 Å². The van der Waals surface area contributed by atoms with Crippen LogP contribution in [-0.4, -0.2) is 91.8 Å². The van der Waals surface area contributed by atoms with Crippen LogP contribution in [0.3, 0.4) is 0 Å². The number of alkyl halides is 1. The number of terminal acetylenes is 1. The van der Waals surface area contributed by atoms with E-state index in [-0.39, 0.29) is 55.0 Å². The number of rotatable bonds is 17. The number of hydrogen-bond donors (Lipinski definition) is 6. The van der Waals surface area contributed by atoms with E-state index in [0.29, 0.717) is 0 Å². The number of aromatic amines is 1. The van der Waals surface area contributed by atoms with E-state index >= 15 is 4.39 Å². The number of aliphatic hydroxyl groups excluding tert-OH is 2. The topological polar surface area (TPSA) is 225 Å². The van der Waals surface area contributed by atoms with Gasteiger partial charge in [-0.05, 0) is 38.5 Å². The van der Waals surface area contributed by atoms with E-state index < -0.39 is 68.3 Å². The van der Waals surface area contributed by atoms with E-state index in [1.54, 1.807) is 13.8 Å². The molecule has 16 nitrogen and oxygen atoms in total. The Labute approximate surface area is 266 Å². The van der Waals surface area contributed by atoms with E-state index in [2.05, 4.69) is 25.1 Å². The molecule has 0 amide bonds. The number of anilines is 1. The first-order valence-electron chi connectivity index (χ1n) is 15.1. The summed E-state index contributed by atoms with van der Waals surface area (Å²) in [5, 5.41) is 27.3. The van der Waals surface area contributed by atoms with Crippen molar-refractivity contribution in [1.82, 2.24) is 29.7 Å². The number of H-pyrrole nitrogens is 1. The maximum atomic E-state index is 16.3. The summed E-state index contributed by atoms with van der Waals surface area (Å²) in [4.78, 5) is 35.4. The molecular formula is C28H45FN7O9P. The number of nitrogens with two attached hydrogens (primary N) is 1. The largest absolute Gasteiger partial charge is 0.465 e. The lowest BCUT2D eigenvalue weighted by Gasteiger charge is -2.32. The molecule has 2 aromatic rings. The van der Waals surface area contributed by atoms with Crippen LogP contribution in [0.1, 0.15) is 60.6 Å². The van der Waals surface area contributed by atoms with E-state index in [0.717, 1.165) is 10.9 Å². The van der Waals surface area contributed by atoms with Crippen molar-refractivity contribution in [1.29, 1.82) is 0 Å². The summed E-state index contributed by atoms with van der Waals surface area (Å²) in [7, 11) is -4.36. The molecule has 1 aliphatic heterocycles. The van der Waals surface area contributed by atoms with E-state index in [1.165, 1.54) is 0 Å². The van der Waals surface area contributed by atoms with Crippen molar-refractivity contribution in [2.45, 2.75) is 96.9 Å². The second kappa shape index (κ2) is 15.8. The van der Waals surface area contributed by atoms with Crippen molar-refractivity contribution < 1.29 is 42.7 Å². The Hall–Kier alpha value is -2.94. The standard InChI is InChI=1S/C28H45FN7O9P/c1-8-28(29)21(37)19(45-26(28)36-14-31-20-22(36)32-27(30)33-23(20)38)13-44-46(41,34-17(11-15(4)5)24(39)42-9-2)35-18(12-16(6)7)25(40)43-10-3/h1,14-19,21,24,26,37,39H,9-13H2,2-7H3,(H2,34,35,41)(H3,30,32,33,38)/t17?,18?,19-,21?,24?,26-,28?,46?/m1/s1. The Morgan fingerprint density at radius 2 is 1.96 bits per heavy atom. The van der Waals surface area contributed by atoms with Crippen LogP contribution in [0.25, 0.3) is 11.2 Å². The number of aliphatic hydroxyl groups is 2. The molecule has 3 heterocycles. The number of hydrogen-bond acceptors (Lipinski definition) is 12. The van der Waals surface area contributed by atoms with Gasteiger partial charge < -0.3 is 34.7 Å². The van der Waals surface area contributed by atoms with Crippen molar-refractivity contribution >= 4 is 30.8 Å². The molecule has 0 aromatic carbocycles. The van der Waals surface area contributed by atoms with Gasteiger partial charge >= 0.3 is 13.6 Å². The first-order chi connectivity index (χ1) is 21.6. The Bertz CT molecular complexity index is 1480. The maximum Gasteiger partial charge on any atom is 0.342 e. The minimum absolute atomic E-state index is 0.000915. The molecule has 7 N–H and O–H groups in total. The van der Waals surface area contributed by atoms with Gasteiger partial charge in [0.25, 0.3) is 5.56 Å². The number of fused-ring (bicyclic) bond motifs is 1. The minimum atomic E-state index is -4.36. The van der Waals surface area contributed by atoms with Gasteiger partial charge in [0.1, 0.15) is 18.2 Å². The molecular weight excluding hydrogens is 628 g/mol. The molecule has 8 atom stereocenters. The van der Waals surface area contributed by atoms with E-state index in [4.69, 9.17) is 30.9 Å². The second-order valence-electron chi connectivity index (χ2n) is 11.8. The number of nitrogen functional groups attached to an aromatic ring is 1. The number of carbonyl (C=O) groups is 1. The third-order valence-electron chi connectivity index (χ3n) is 7.14. The number of halogens is 1. The number of carbonyl (C=O) groups excluding carboxylic acids is 1. The van der Waals surface area contributed by atoms with Crippen LogP contribution in [-0.2, 0) is 28.1 Å².